The minimum Gasteiger partial charge on any atom is -0.452 e. The number of hydrogen-bond donors (Lipinski definition) is 2. The first-order chi connectivity index (χ1) is 13.5. The lowest BCUT2D eigenvalue weighted by molar-refractivity contribution is -0.151. The molecule has 12 heteroatoms. The van der Waals surface area contributed by atoms with E-state index >= 15 is 0 Å². The molecule has 2 aromatic rings. The number of esters is 1. The van der Waals surface area contributed by atoms with E-state index in [0.717, 1.165) is 0 Å². The maximum absolute atomic E-state index is 12.3. The average Bonchev–Trinajstić information content (AvgIpc) is 2.62. The van der Waals surface area contributed by atoms with Crippen LogP contribution < -0.4 is 10.0 Å². The molecule has 2 rings (SSSR count). The molecule has 156 valence electrons. The zero-order valence-electron chi connectivity index (χ0n) is 14.7. The van der Waals surface area contributed by atoms with E-state index in [9.17, 15) is 18.0 Å². The van der Waals surface area contributed by atoms with Crippen LogP contribution in [0.15, 0.2) is 45.8 Å². The van der Waals surface area contributed by atoms with Crippen molar-refractivity contribution in [2.75, 3.05) is 11.9 Å². The van der Waals surface area contributed by atoms with Crippen LogP contribution in [0.1, 0.15) is 6.92 Å². The lowest BCUT2D eigenvalue weighted by atomic mass is 10.3. The van der Waals surface area contributed by atoms with E-state index < -0.39 is 34.5 Å². The Balaban J connectivity index is 1.93. The Labute approximate surface area is 190 Å². The molecular weight excluding hydrogens is 531 g/mol. The molecule has 0 aliphatic carbocycles. The monoisotopic (exact) mass is 542 g/mol. The summed E-state index contributed by atoms with van der Waals surface area (Å²) in [4.78, 5) is 23.9. The summed E-state index contributed by atoms with van der Waals surface area (Å²) in [7, 11) is -4.05. The predicted octanol–water partition coefficient (Wildman–Crippen LogP) is 4.26. The third-order valence-electron chi connectivity index (χ3n) is 3.46. The fraction of sp³-hybridized carbons (Fsp3) is 0.176. The summed E-state index contributed by atoms with van der Waals surface area (Å²) < 4.78 is 32.2. The highest BCUT2D eigenvalue weighted by Crippen LogP contribution is 2.26. The van der Waals surface area contributed by atoms with Crippen molar-refractivity contribution in [1.29, 1.82) is 0 Å². The molecule has 0 saturated carbocycles. The van der Waals surface area contributed by atoms with Crippen LogP contribution in [-0.2, 0) is 24.3 Å². The van der Waals surface area contributed by atoms with Crippen molar-refractivity contribution in [3.63, 3.8) is 0 Å². The zero-order valence-corrected chi connectivity index (χ0v) is 19.4. The molecule has 1 amide bonds. The zero-order chi connectivity index (χ0) is 21.8. The Morgan fingerprint density at radius 2 is 1.79 bits per heavy atom. The number of benzene rings is 2. The van der Waals surface area contributed by atoms with Gasteiger partial charge in [-0.1, -0.05) is 50.7 Å². The summed E-state index contributed by atoms with van der Waals surface area (Å²) in [6.45, 7) is 0.644. The van der Waals surface area contributed by atoms with Gasteiger partial charge in [-0.3, -0.25) is 9.59 Å². The van der Waals surface area contributed by atoms with E-state index in [-0.39, 0.29) is 20.6 Å². The molecule has 0 heterocycles. The van der Waals surface area contributed by atoms with Crippen LogP contribution in [0.3, 0.4) is 0 Å². The molecule has 0 spiro atoms. The predicted molar refractivity (Wildman–Crippen MR) is 115 cm³/mol. The summed E-state index contributed by atoms with van der Waals surface area (Å²) in [6.07, 6.45) is -1.20. The molecule has 2 N–H and O–H groups in total. The van der Waals surface area contributed by atoms with Gasteiger partial charge in [-0.2, -0.15) is 4.72 Å². The third kappa shape index (κ3) is 6.84. The van der Waals surface area contributed by atoms with Gasteiger partial charge in [0.15, 0.2) is 6.10 Å². The minimum atomic E-state index is -4.05. The van der Waals surface area contributed by atoms with Crippen molar-refractivity contribution in [2.45, 2.75) is 17.9 Å². The highest BCUT2D eigenvalue weighted by molar-refractivity contribution is 9.10. The number of rotatable bonds is 7. The second-order valence-electron chi connectivity index (χ2n) is 5.64. The SMILES string of the molecule is CC(OC(=O)CNS(=O)(=O)c1ccc(Br)cc1Cl)C(=O)Nc1ccc(Cl)cc1Cl. The number of hydrogen-bond acceptors (Lipinski definition) is 5. The van der Waals surface area contributed by atoms with E-state index in [1.54, 1.807) is 0 Å². The molecular formula is C17H14BrCl3N2O5S. The van der Waals surface area contributed by atoms with Crippen molar-refractivity contribution < 1.29 is 22.7 Å². The first kappa shape index (κ1) is 23.9. The second kappa shape index (κ2) is 10.1. The van der Waals surface area contributed by atoms with Crippen molar-refractivity contribution >= 4 is 78.3 Å². The molecule has 0 aromatic heterocycles. The smallest absolute Gasteiger partial charge is 0.321 e. The van der Waals surface area contributed by atoms with Crippen LogP contribution >= 0.6 is 50.7 Å². The molecule has 0 radical (unpaired) electrons. The second-order valence-corrected chi connectivity index (χ2v) is 9.55. The van der Waals surface area contributed by atoms with Crippen molar-refractivity contribution in [3.05, 3.63) is 55.9 Å². The van der Waals surface area contributed by atoms with Crippen molar-refractivity contribution in [2.24, 2.45) is 0 Å². The maximum Gasteiger partial charge on any atom is 0.321 e. The minimum absolute atomic E-state index is 0.0205. The topological polar surface area (TPSA) is 102 Å². The van der Waals surface area contributed by atoms with E-state index in [1.807, 2.05) is 0 Å². The third-order valence-corrected chi connectivity index (χ3v) is 6.38. The number of sulfonamides is 1. The molecule has 0 fully saturated rings. The van der Waals surface area contributed by atoms with Gasteiger partial charge in [-0.05, 0) is 43.3 Å². The molecule has 0 aliphatic heterocycles. The molecule has 29 heavy (non-hydrogen) atoms. The van der Waals surface area contributed by atoms with Crippen LogP contribution in [0.4, 0.5) is 5.69 Å². The van der Waals surface area contributed by atoms with Crippen LogP contribution in [0.2, 0.25) is 15.1 Å². The highest BCUT2D eigenvalue weighted by atomic mass is 79.9. The van der Waals surface area contributed by atoms with E-state index in [2.05, 4.69) is 26.0 Å². The average molecular weight is 545 g/mol. The van der Waals surface area contributed by atoms with Crippen LogP contribution in [0.5, 0.6) is 0 Å². The normalized spacial score (nSPS) is 12.3. The number of halogens is 4. The number of anilines is 1. The van der Waals surface area contributed by atoms with Crippen LogP contribution in [-0.4, -0.2) is 32.9 Å². The Morgan fingerprint density at radius 1 is 1.10 bits per heavy atom. The Kier molecular flexibility index (Phi) is 8.33. The molecule has 1 unspecified atom stereocenters. The van der Waals surface area contributed by atoms with Crippen molar-refractivity contribution in [1.82, 2.24) is 4.72 Å². The quantitative estimate of drug-likeness (QED) is 0.508. The summed E-state index contributed by atoms with van der Waals surface area (Å²) >= 11 is 20.8. The Bertz CT molecular complexity index is 1050. The Hall–Kier alpha value is -1.36. The summed E-state index contributed by atoms with van der Waals surface area (Å²) in [5, 5.41) is 3.07. The van der Waals surface area contributed by atoms with Crippen molar-refractivity contribution in [3.8, 4) is 0 Å². The summed E-state index contributed by atoms with van der Waals surface area (Å²) in [5.41, 5.74) is 0.287. The number of ether oxygens (including phenoxy) is 1. The first-order valence-electron chi connectivity index (χ1n) is 7.89. The molecule has 2 aromatic carbocycles. The number of carbonyl (C=O) groups excluding carboxylic acids is 2. The molecule has 1 atom stereocenters. The van der Waals surface area contributed by atoms with Gasteiger partial charge < -0.3 is 10.1 Å². The van der Waals surface area contributed by atoms with Crippen LogP contribution in [0, 0.1) is 0 Å². The van der Waals surface area contributed by atoms with Gasteiger partial charge in [0.2, 0.25) is 10.0 Å². The fourth-order valence-corrected chi connectivity index (χ4v) is 4.50. The summed E-state index contributed by atoms with van der Waals surface area (Å²) in [5.74, 6) is -1.60. The fourth-order valence-electron chi connectivity index (χ4n) is 2.04. The van der Waals surface area contributed by atoms with E-state index in [1.165, 1.54) is 43.3 Å². The maximum atomic E-state index is 12.3. The van der Waals surface area contributed by atoms with Gasteiger partial charge in [0, 0.05) is 9.50 Å². The highest BCUT2D eigenvalue weighted by Gasteiger charge is 2.22. The van der Waals surface area contributed by atoms with Gasteiger partial charge in [-0.25, -0.2) is 8.42 Å². The lowest BCUT2D eigenvalue weighted by Gasteiger charge is -2.15. The van der Waals surface area contributed by atoms with Gasteiger partial charge in [-0.15, -0.1) is 0 Å². The molecule has 0 bridgehead atoms. The van der Waals surface area contributed by atoms with E-state index in [4.69, 9.17) is 39.5 Å². The lowest BCUT2D eigenvalue weighted by Crippen LogP contribution is -2.36. The van der Waals surface area contributed by atoms with Gasteiger partial charge in [0.25, 0.3) is 5.91 Å². The van der Waals surface area contributed by atoms with Gasteiger partial charge >= 0.3 is 5.97 Å². The first-order valence-corrected chi connectivity index (χ1v) is 11.3. The molecule has 0 aliphatic rings. The number of carbonyl (C=O) groups is 2. The largest absolute Gasteiger partial charge is 0.452 e. The van der Waals surface area contributed by atoms with Gasteiger partial charge in [0.05, 0.1) is 15.7 Å². The molecule has 7 nitrogen and oxygen atoms in total. The van der Waals surface area contributed by atoms with Crippen LogP contribution in [0.25, 0.3) is 0 Å². The number of amides is 1. The summed E-state index contributed by atoms with van der Waals surface area (Å²) in [6, 6.07) is 8.65. The number of nitrogens with one attached hydrogen (secondary N) is 2. The van der Waals surface area contributed by atoms with E-state index in [0.29, 0.717) is 9.50 Å². The Morgan fingerprint density at radius 3 is 2.41 bits per heavy atom. The van der Waals surface area contributed by atoms with Gasteiger partial charge in [0.1, 0.15) is 11.4 Å². The standard InChI is InChI=1S/C17H14BrCl3N2O5S/c1-9(17(25)23-14-4-3-11(19)7-12(14)20)28-16(24)8-22-29(26,27)15-5-2-10(18)6-13(15)21/h2-7,9,22H,8H2,1H3,(H,23,25). The molecule has 0 saturated heterocycles.